The maximum absolute atomic E-state index is 12.8. The van der Waals surface area contributed by atoms with E-state index in [0.717, 1.165) is 5.69 Å². The van der Waals surface area contributed by atoms with Gasteiger partial charge in [0.15, 0.2) is 0 Å². The number of benzene rings is 1. The van der Waals surface area contributed by atoms with Crippen molar-refractivity contribution in [1.82, 2.24) is 14.8 Å². The summed E-state index contributed by atoms with van der Waals surface area (Å²) in [4.78, 5) is 0. The molecule has 5 heteroatoms. The third kappa shape index (κ3) is 2.32. The molecule has 0 aliphatic carbocycles. The van der Waals surface area contributed by atoms with Gasteiger partial charge in [-0.25, -0.2) is 4.39 Å². The van der Waals surface area contributed by atoms with Crippen molar-refractivity contribution in [1.29, 1.82) is 0 Å². The summed E-state index contributed by atoms with van der Waals surface area (Å²) in [5.41, 5.74) is 1.59. The van der Waals surface area contributed by atoms with Gasteiger partial charge in [0.1, 0.15) is 18.5 Å². The molecule has 0 bridgehead atoms. The molecule has 0 amide bonds. The van der Waals surface area contributed by atoms with Crippen molar-refractivity contribution in [2.45, 2.75) is 0 Å². The van der Waals surface area contributed by atoms with Gasteiger partial charge in [0.2, 0.25) is 0 Å². The van der Waals surface area contributed by atoms with Gasteiger partial charge in [0.05, 0.1) is 6.61 Å². The summed E-state index contributed by atoms with van der Waals surface area (Å²) in [6.45, 7) is -0.576. The molecule has 0 aliphatic heterocycles. The van der Waals surface area contributed by atoms with Gasteiger partial charge < -0.3 is 5.11 Å². The lowest BCUT2D eigenvalue weighted by Crippen LogP contribution is -1.89. The topological polar surface area (TPSA) is 50.9 Å². The largest absolute Gasteiger partial charge is 0.389 e. The lowest BCUT2D eigenvalue weighted by molar-refractivity contribution is 0.300. The van der Waals surface area contributed by atoms with E-state index >= 15 is 0 Å². The van der Waals surface area contributed by atoms with Crippen molar-refractivity contribution >= 4 is 6.08 Å². The van der Waals surface area contributed by atoms with E-state index in [2.05, 4.69) is 10.2 Å². The Morgan fingerprint density at radius 3 is 2.44 bits per heavy atom. The van der Waals surface area contributed by atoms with Crippen LogP contribution in [0.1, 0.15) is 5.56 Å². The monoisotopic (exact) mass is 219 g/mol. The van der Waals surface area contributed by atoms with Crippen LogP contribution in [0.25, 0.3) is 11.8 Å². The van der Waals surface area contributed by atoms with Crippen LogP contribution < -0.4 is 0 Å². The SMILES string of the molecule is OC/C(F)=C\c1ccc(-n2cnnc2)cc1. The highest BCUT2D eigenvalue weighted by atomic mass is 19.1. The first-order chi connectivity index (χ1) is 7.79. The van der Waals surface area contributed by atoms with Crippen LogP contribution in [0.5, 0.6) is 0 Å². The lowest BCUT2D eigenvalue weighted by atomic mass is 10.2. The molecule has 0 saturated heterocycles. The van der Waals surface area contributed by atoms with Crippen molar-refractivity contribution in [3.63, 3.8) is 0 Å². The molecule has 0 atom stereocenters. The zero-order valence-corrected chi connectivity index (χ0v) is 8.42. The van der Waals surface area contributed by atoms with Crippen LogP contribution >= 0.6 is 0 Å². The van der Waals surface area contributed by atoms with Crippen LogP contribution in [0.15, 0.2) is 42.7 Å². The Labute approximate surface area is 91.7 Å². The molecule has 0 unspecified atom stereocenters. The number of aliphatic hydroxyl groups excluding tert-OH is 1. The molecule has 1 heterocycles. The molecule has 16 heavy (non-hydrogen) atoms. The number of aromatic nitrogens is 3. The second kappa shape index (κ2) is 4.67. The fraction of sp³-hybridized carbons (Fsp3) is 0.0909. The van der Waals surface area contributed by atoms with E-state index in [0.29, 0.717) is 5.56 Å². The quantitative estimate of drug-likeness (QED) is 0.852. The number of aliphatic hydroxyl groups is 1. The van der Waals surface area contributed by atoms with Gasteiger partial charge in [0.25, 0.3) is 0 Å². The fourth-order valence-electron chi connectivity index (χ4n) is 1.30. The van der Waals surface area contributed by atoms with Gasteiger partial charge in [-0.3, -0.25) is 4.57 Å². The highest BCUT2D eigenvalue weighted by Gasteiger charge is 1.97. The van der Waals surface area contributed by atoms with Crippen LogP contribution in [0.4, 0.5) is 4.39 Å². The average molecular weight is 219 g/mol. The van der Waals surface area contributed by atoms with Gasteiger partial charge >= 0.3 is 0 Å². The molecule has 4 nitrogen and oxygen atoms in total. The molecule has 2 rings (SSSR count). The van der Waals surface area contributed by atoms with Crippen molar-refractivity contribution in [3.8, 4) is 5.69 Å². The lowest BCUT2D eigenvalue weighted by Gasteiger charge is -2.01. The van der Waals surface area contributed by atoms with Crippen LogP contribution in [-0.2, 0) is 0 Å². The number of halogens is 1. The predicted octanol–water partition coefficient (Wildman–Crippen LogP) is 1.57. The highest BCUT2D eigenvalue weighted by molar-refractivity contribution is 5.53. The summed E-state index contributed by atoms with van der Waals surface area (Å²) in [7, 11) is 0. The number of hydrogen-bond donors (Lipinski definition) is 1. The predicted molar refractivity (Wildman–Crippen MR) is 57.5 cm³/mol. The molecule has 0 saturated carbocycles. The van der Waals surface area contributed by atoms with Crippen LogP contribution in [0.2, 0.25) is 0 Å². The van der Waals surface area contributed by atoms with Gasteiger partial charge in [-0.05, 0) is 23.8 Å². The first-order valence-corrected chi connectivity index (χ1v) is 4.71. The minimum absolute atomic E-state index is 0.558. The van der Waals surface area contributed by atoms with Gasteiger partial charge in [-0.15, -0.1) is 10.2 Å². The molecule has 2 aromatic rings. The molecule has 1 N–H and O–H groups in total. The summed E-state index contributed by atoms with van der Waals surface area (Å²) in [6, 6.07) is 7.15. The Balaban J connectivity index is 2.23. The zero-order valence-electron chi connectivity index (χ0n) is 8.42. The van der Waals surface area contributed by atoms with E-state index in [4.69, 9.17) is 5.11 Å². The summed E-state index contributed by atoms with van der Waals surface area (Å²) >= 11 is 0. The van der Waals surface area contributed by atoms with E-state index in [9.17, 15) is 4.39 Å². The Morgan fingerprint density at radius 1 is 1.25 bits per heavy atom. The minimum Gasteiger partial charge on any atom is -0.389 e. The number of nitrogens with zero attached hydrogens (tertiary/aromatic N) is 3. The Bertz CT molecular complexity index is 476. The Morgan fingerprint density at radius 2 is 1.88 bits per heavy atom. The third-order valence-corrected chi connectivity index (χ3v) is 2.08. The zero-order chi connectivity index (χ0) is 11.4. The second-order valence-corrected chi connectivity index (χ2v) is 3.21. The molecule has 0 aliphatic rings. The van der Waals surface area contributed by atoms with Gasteiger partial charge in [0, 0.05) is 5.69 Å². The van der Waals surface area contributed by atoms with Gasteiger partial charge in [-0.2, -0.15) is 0 Å². The maximum atomic E-state index is 12.8. The van der Waals surface area contributed by atoms with Crippen molar-refractivity contribution in [2.75, 3.05) is 6.61 Å². The van der Waals surface area contributed by atoms with Crippen LogP contribution in [0, 0.1) is 0 Å². The van der Waals surface area contributed by atoms with E-state index in [1.165, 1.54) is 6.08 Å². The van der Waals surface area contributed by atoms with Crippen LogP contribution in [0.3, 0.4) is 0 Å². The molecule has 0 radical (unpaired) electrons. The second-order valence-electron chi connectivity index (χ2n) is 3.21. The highest BCUT2D eigenvalue weighted by Crippen LogP contribution is 2.12. The molecular weight excluding hydrogens is 209 g/mol. The summed E-state index contributed by atoms with van der Waals surface area (Å²) < 4.78 is 14.5. The van der Waals surface area contributed by atoms with Crippen molar-refractivity contribution < 1.29 is 9.50 Å². The molecule has 82 valence electrons. The summed E-state index contributed by atoms with van der Waals surface area (Å²) in [5, 5.41) is 15.9. The molecular formula is C11H10FN3O. The first-order valence-electron chi connectivity index (χ1n) is 4.71. The van der Waals surface area contributed by atoms with E-state index in [1.54, 1.807) is 29.4 Å². The van der Waals surface area contributed by atoms with E-state index in [1.807, 2.05) is 12.1 Å². The summed E-state index contributed by atoms with van der Waals surface area (Å²) in [5.74, 6) is -0.558. The van der Waals surface area contributed by atoms with E-state index < -0.39 is 12.4 Å². The molecule has 1 aromatic heterocycles. The molecule has 0 spiro atoms. The van der Waals surface area contributed by atoms with Crippen LogP contribution in [-0.4, -0.2) is 26.5 Å². The summed E-state index contributed by atoms with van der Waals surface area (Å²) in [6.07, 6.45) is 4.45. The normalized spacial score (nSPS) is 11.8. The van der Waals surface area contributed by atoms with Crippen molar-refractivity contribution in [2.24, 2.45) is 0 Å². The Hall–Kier alpha value is -2.01. The first kappa shape index (κ1) is 10.5. The maximum Gasteiger partial charge on any atom is 0.126 e. The molecule has 1 aromatic carbocycles. The number of hydrogen-bond acceptors (Lipinski definition) is 3. The standard InChI is InChI=1S/C11H10FN3O/c12-10(6-16)5-9-1-3-11(4-2-9)15-7-13-14-8-15/h1-5,7-8,16H,6H2/b10-5+. The average Bonchev–Trinajstić information content (AvgIpc) is 2.83. The smallest absolute Gasteiger partial charge is 0.126 e. The van der Waals surface area contributed by atoms with E-state index in [-0.39, 0.29) is 0 Å². The Kier molecular flexibility index (Phi) is 3.07. The molecule has 0 fully saturated rings. The minimum atomic E-state index is -0.576. The van der Waals surface area contributed by atoms with Gasteiger partial charge in [-0.1, -0.05) is 12.1 Å². The third-order valence-electron chi connectivity index (χ3n) is 2.08. The number of rotatable bonds is 3. The van der Waals surface area contributed by atoms with Crippen molar-refractivity contribution in [3.05, 3.63) is 48.3 Å². The fourth-order valence-corrected chi connectivity index (χ4v) is 1.30.